The van der Waals surface area contributed by atoms with Gasteiger partial charge in [-0.1, -0.05) is 56.5 Å². The van der Waals surface area contributed by atoms with Gasteiger partial charge in [0.2, 0.25) is 0 Å². The summed E-state index contributed by atoms with van der Waals surface area (Å²) >= 11 is 1.49. The number of rotatable bonds is 7. The van der Waals surface area contributed by atoms with E-state index in [1.165, 1.54) is 24.6 Å². The molecule has 0 amide bonds. The largest absolute Gasteiger partial charge is 0.298 e. The predicted molar refractivity (Wildman–Crippen MR) is 103 cm³/mol. The number of carbonyl (C=O) groups excluding carboxylic acids is 1. The molecule has 4 nitrogen and oxygen atoms in total. The molecule has 1 atom stereocenters. The number of para-hydroxylation sites is 1. The number of carbonyl (C=O) groups is 1. The van der Waals surface area contributed by atoms with E-state index in [2.05, 4.69) is 6.92 Å². The third-order valence-electron chi connectivity index (χ3n) is 4.81. The topological polar surface area (TPSA) is 52.0 Å². The second-order valence-corrected chi connectivity index (χ2v) is 7.92. The molecule has 1 fully saturated rings. The molecule has 1 unspecified atom stereocenters. The number of fused-ring (bicyclic) bond motifs is 1. The molecule has 0 aliphatic heterocycles. The molecular weight excluding hydrogens is 332 g/mol. The summed E-state index contributed by atoms with van der Waals surface area (Å²) in [4.78, 5) is 29.9. The summed E-state index contributed by atoms with van der Waals surface area (Å²) in [6.07, 6.45) is 8.06. The van der Waals surface area contributed by atoms with Crippen LogP contribution in [0.25, 0.3) is 10.9 Å². The van der Waals surface area contributed by atoms with Crippen molar-refractivity contribution < 1.29 is 4.79 Å². The average molecular weight is 359 g/mol. The highest BCUT2D eigenvalue weighted by Gasteiger charge is 2.25. The number of unbranched alkanes of at least 4 members (excludes halogenated alkanes) is 3. The molecule has 25 heavy (non-hydrogen) atoms. The number of aromatic nitrogens is 2. The zero-order valence-corrected chi connectivity index (χ0v) is 15.7. The molecule has 5 heteroatoms. The molecular formula is C20H26N2O2S. The van der Waals surface area contributed by atoms with Gasteiger partial charge in [-0.15, -0.1) is 0 Å². The third-order valence-corrected chi connectivity index (χ3v) is 6.11. The SMILES string of the molecule is CCCCCCn1c(SC2CCCCC2=O)nc2ccccc2c1=O. The van der Waals surface area contributed by atoms with Crippen LogP contribution in [0.3, 0.4) is 0 Å². The Hall–Kier alpha value is -1.62. The monoisotopic (exact) mass is 358 g/mol. The van der Waals surface area contributed by atoms with E-state index < -0.39 is 0 Å². The van der Waals surface area contributed by atoms with Crippen LogP contribution in [-0.4, -0.2) is 20.6 Å². The second-order valence-electron chi connectivity index (χ2n) is 6.75. The predicted octanol–water partition coefficient (Wildman–Crippen LogP) is 4.58. The van der Waals surface area contributed by atoms with E-state index in [1.807, 2.05) is 24.3 Å². The van der Waals surface area contributed by atoms with E-state index in [4.69, 9.17) is 4.98 Å². The highest BCUT2D eigenvalue weighted by atomic mass is 32.2. The first kappa shape index (κ1) is 18.2. The fourth-order valence-electron chi connectivity index (χ4n) is 3.33. The lowest BCUT2D eigenvalue weighted by molar-refractivity contribution is -0.119. The molecule has 1 aromatic heterocycles. The van der Waals surface area contributed by atoms with E-state index in [1.54, 1.807) is 4.57 Å². The normalized spacial score (nSPS) is 18.0. The van der Waals surface area contributed by atoms with Crippen molar-refractivity contribution in [1.29, 1.82) is 0 Å². The van der Waals surface area contributed by atoms with Crippen LogP contribution in [0.4, 0.5) is 0 Å². The van der Waals surface area contributed by atoms with E-state index in [0.717, 1.165) is 37.6 Å². The average Bonchev–Trinajstić information content (AvgIpc) is 2.63. The Morgan fingerprint density at radius 3 is 2.80 bits per heavy atom. The van der Waals surface area contributed by atoms with Gasteiger partial charge in [-0.2, -0.15) is 0 Å². The molecule has 0 N–H and O–H groups in total. The van der Waals surface area contributed by atoms with Gasteiger partial charge in [0.25, 0.3) is 5.56 Å². The minimum Gasteiger partial charge on any atom is -0.298 e. The van der Waals surface area contributed by atoms with Gasteiger partial charge in [-0.05, 0) is 31.4 Å². The molecule has 134 valence electrons. The van der Waals surface area contributed by atoms with Crippen LogP contribution in [0.15, 0.2) is 34.2 Å². The molecule has 1 aliphatic carbocycles. The van der Waals surface area contributed by atoms with Gasteiger partial charge in [-0.3, -0.25) is 14.2 Å². The summed E-state index contributed by atoms with van der Waals surface area (Å²) in [5.74, 6) is 0.302. The van der Waals surface area contributed by atoms with Crippen molar-refractivity contribution in [3.8, 4) is 0 Å². The van der Waals surface area contributed by atoms with Gasteiger partial charge >= 0.3 is 0 Å². The van der Waals surface area contributed by atoms with Crippen LogP contribution in [0.5, 0.6) is 0 Å². The summed E-state index contributed by atoms with van der Waals surface area (Å²) in [7, 11) is 0. The molecule has 1 aliphatic rings. The molecule has 0 spiro atoms. The van der Waals surface area contributed by atoms with Gasteiger partial charge in [-0.25, -0.2) is 4.98 Å². The number of nitrogens with zero attached hydrogens (tertiary/aromatic N) is 2. The van der Waals surface area contributed by atoms with E-state index >= 15 is 0 Å². The Bertz CT molecular complexity index is 800. The second kappa shape index (κ2) is 8.65. The molecule has 3 rings (SSSR count). The number of ketones is 1. The van der Waals surface area contributed by atoms with Crippen LogP contribution in [0, 0.1) is 0 Å². The van der Waals surface area contributed by atoms with Crippen molar-refractivity contribution in [3.05, 3.63) is 34.6 Å². The molecule has 1 saturated carbocycles. The van der Waals surface area contributed by atoms with Crippen LogP contribution < -0.4 is 5.56 Å². The number of hydrogen-bond donors (Lipinski definition) is 0. The fraction of sp³-hybridized carbons (Fsp3) is 0.550. The Balaban J connectivity index is 1.92. The van der Waals surface area contributed by atoms with Crippen molar-refractivity contribution >= 4 is 28.4 Å². The van der Waals surface area contributed by atoms with Crippen molar-refractivity contribution in [2.24, 2.45) is 0 Å². The summed E-state index contributed by atoms with van der Waals surface area (Å²) < 4.78 is 1.80. The van der Waals surface area contributed by atoms with E-state index in [-0.39, 0.29) is 10.8 Å². The number of hydrogen-bond acceptors (Lipinski definition) is 4. The smallest absolute Gasteiger partial charge is 0.262 e. The maximum absolute atomic E-state index is 13.0. The zero-order chi connectivity index (χ0) is 17.6. The number of thioether (sulfide) groups is 1. The lowest BCUT2D eigenvalue weighted by Gasteiger charge is -2.21. The molecule has 1 heterocycles. The number of benzene rings is 1. The molecule has 2 aromatic rings. The molecule has 0 saturated heterocycles. The fourth-order valence-corrected chi connectivity index (χ4v) is 4.58. The van der Waals surface area contributed by atoms with Gasteiger partial charge in [0.05, 0.1) is 16.2 Å². The summed E-state index contributed by atoms with van der Waals surface area (Å²) in [5.41, 5.74) is 0.746. The first-order chi connectivity index (χ1) is 12.2. The zero-order valence-electron chi connectivity index (χ0n) is 14.9. The van der Waals surface area contributed by atoms with Crippen LogP contribution >= 0.6 is 11.8 Å². The van der Waals surface area contributed by atoms with Gasteiger partial charge in [0.1, 0.15) is 5.78 Å². The lowest BCUT2D eigenvalue weighted by Crippen LogP contribution is -2.27. The Kier molecular flexibility index (Phi) is 6.29. The molecule has 0 radical (unpaired) electrons. The first-order valence-electron chi connectivity index (χ1n) is 9.39. The lowest BCUT2D eigenvalue weighted by atomic mass is 9.99. The Morgan fingerprint density at radius 2 is 2.00 bits per heavy atom. The van der Waals surface area contributed by atoms with Crippen LogP contribution in [-0.2, 0) is 11.3 Å². The third kappa shape index (κ3) is 4.32. The number of Topliss-reactive ketones (excluding diaryl/α,β-unsaturated/α-hetero) is 1. The van der Waals surface area contributed by atoms with Crippen molar-refractivity contribution in [3.63, 3.8) is 0 Å². The van der Waals surface area contributed by atoms with E-state index in [9.17, 15) is 9.59 Å². The maximum Gasteiger partial charge on any atom is 0.262 e. The van der Waals surface area contributed by atoms with Crippen molar-refractivity contribution in [2.75, 3.05) is 0 Å². The quantitative estimate of drug-likeness (QED) is 0.537. The highest BCUT2D eigenvalue weighted by molar-refractivity contribution is 8.00. The summed E-state index contributed by atoms with van der Waals surface area (Å²) in [6, 6.07) is 7.50. The minimum atomic E-state index is -0.0521. The van der Waals surface area contributed by atoms with Crippen LogP contribution in [0.1, 0.15) is 58.3 Å². The minimum absolute atomic E-state index is 0.0212. The van der Waals surface area contributed by atoms with Crippen LogP contribution in [0.2, 0.25) is 0 Å². The van der Waals surface area contributed by atoms with E-state index in [0.29, 0.717) is 29.3 Å². The standard InChI is InChI=1S/C20H26N2O2S/c1-2-3-4-9-14-22-19(24)15-10-5-6-11-16(15)21-20(22)25-18-13-8-7-12-17(18)23/h5-6,10-11,18H,2-4,7-9,12-14H2,1H3. The highest BCUT2D eigenvalue weighted by Crippen LogP contribution is 2.31. The van der Waals surface area contributed by atoms with Crippen molar-refractivity contribution in [1.82, 2.24) is 9.55 Å². The Labute approximate surface area is 153 Å². The maximum atomic E-state index is 13.0. The molecule has 0 bridgehead atoms. The van der Waals surface area contributed by atoms with Gasteiger partial charge < -0.3 is 0 Å². The van der Waals surface area contributed by atoms with Crippen molar-refractivity contribution in [2.45, 2.75) is 75.2 Å². The molecule has 1 aromatic carbocycles. The first-order valence-corrected chi connectivity index (χ1v) is 10.3. The summed E-state index contributed by atoms with van der Waals surface area (Å²) in [5, 5.41) is 1.32. The Morgan fingerprint density at radius 1 is 1.16 bits per heavy atom. The summed E-state index contributed by atoms with van der Waals surface area (Å²) in [6.45, 7) is 2.86. The van der Waals surface area contributed by atoms with Gasteiger partial charge in [0.15, 0.2) is 5.16 Å². The van der Waals surface area contributed by atoms with Gasteiger partial charge in [0, 0.05) is 13.0 Å².